The van der Waals surface area contributed by atoms with Crippen LogP contribution in [0.2, 0.25) is 5.02 Å². The van der Waals surface area contributed by atoms with Crippen LogP contribution in [0.25, 0.3) is 0 Å². The molecule has 1 heterocycles. The zero-order valence-corrected chi connectivity index (χ0v) is 23.7. The lowest BCUT2D eigenvalue weighted by Gasteiger charge is -2.20. The normalized spacial score (nSPS) is 16.8. The molecule has 3 aromatic rings. The van der Waals surface area contributed by atoms with Gasteiger partial charge in [0.05, 0.1) is 47.3 Å². The zero-order chi connectivity index (χ0) is 27.1. The second kappa shape index (κ2) is 13.3. The fraction of sp³-hybridized carbons (Fsp3) is 0.379. The van der Waals surface area contributed by atoms with Gasteiger partial charge in [-0.25, -0.2) is 0 Å². The number of ether oxygens (including phenoxy) is 6. The molecule has 0 spiro atoms. The molecule has 2 atom stereocenters. The van der Waals surface area contributed by atoms with Crippen molar-refractivity contribution < 1.29 is 28.4 Å². The quantitative estimate of drug-likeness (QED) is 0.196. The molecule has 1 aliphatic rings. The van der Waals surface area contributed by atoms with E-state index >= 15 is 0 Å². The summed E-state index contributed by atoms with van der Waals surface area (Å²) in [6.45, 7) is 0.839. The van der Waals surface area contributed by atoms with Crippen molar-refractivity contribution >= 4 is 23.4 Å². The van der Waals surface area contributed by atoms with Crippen LogP contribution in [0.15, 0.2) is 53.4 Å². The first-order valence-electron chi connectivity index (χ1n) is 12.4. The van der Waals surface area contributed by atoms with E-state index in [4.69, 9.17) is 45.8 Å². The van der Waals surface area contributed by atoms with Crippen LogP contribution in [0.3, 0.4) is 0 Å². The number of hydrogen-bond donors (Lipinski definition) is 1. The van der Waals surface area contributed by atoms with Crippen molar-refractivity contribution in [1.29, 1.82) is 0 Å². The largest absolute Gasteiger partial charge is 0.493 e. The minimum atomic E-state index is -0.109. The van der Waals surface area contributed by atoms with Crippen molar-refractivity contribution in [1.82, 2.24) is 0 Å². The number of rotatable bonds is 12. The fourth-order valence-electron chi connectivity index (χ4n) is 4.59. The Balaban J connectivity index is 1.46. The molecule has 1 saturated heterocycles. The highest BCUT2D eigenvalue weighted by Gasteiger charge is 2.30. The molecule has 2 N–H and O–H groups in total. The van der Waals surface area contributed by atoms with E-state index in [9.17, 15) is 0 Å². The first kappa shape index (κ1) is 28.2. The summed E-state index contributed by atoms with van der Waals surface area (Å²) in [6.07, 6.45) is 1.49. The third-order valence-corrected chi connectivity index (χ3v) is 7.68. The third kappa shape index (κ3) is 6.43. The lowest BCUT2D eigenvalue weighted by atomic mass is 10.0. The second-order valence-corrected chi connectivity index (χ2v) is 10.3. The zero-order valence-electron chi connectivity index (χ0n) is 22.1. The van der Waals surface area contributed by atoms with Gasteiger partial charge < -0.3 is 34.2 Å². The first-order valence-corrected chi connectivity index (χ1v) is 13.7. The summed E-state index contributed by atoms with van der Waals surface area (Å²) >= 11 is 7.67. The number of hydrogen-bond acceptors (Lipinski definition) is 8. The van der Waals surface area contributed by atoms with E-state index in [1.807, 2.05) is 42.5 Å². The molecule has 4 rings (SSSR count). The minimum absolute atomic E-state index is 0.104. The Kier molecular flexibility index (Phi) is 9.91. The van der Waals surface area contributed by atoms with Crippen LogP contribution in [-0.4, -0.2) is 40.8 Å². The standard InChI is InChI=1S/C29H34ClNO6S/c1-32-25-14-18(13-20(17-31)28(25)36-11-12-38-22-7-5-21(30)6-8-22)23-9-10-24(37-23)19-15-26(33-2)29(35-4)27(16-19)34-3/h5-8,13-16,23-24H,9-12,17,31H2,1-4H3/t23-,24-/m0/s1. The number of thioether (sulfide) groups is 1. The van der Waals surface area contributed by atoms with Crippen molar-refractivity contribution in [3.05, 3.63) is 70.2 Å². The van der Waals surface area contributed by atoms with Gasteiger partial charge in [-0.1, -0.05) is 11.6 Å². The summed E-state index contributed by atoms with van der Waals surface area (Å²) in [6, 6.07) is 15.7. The Morgan fingerprint density at radius 3 is 1.89 bits per heavy atom. The van der Waals surface area contributed by atoms with E-state index in [1.165, 1.54) is 0 Å². The predicted molar refractivity (Wildman–Crippen MR) is 150 cm³/mol. The first-order chi connectivity index (χ1) is 18.5. The van der Waals surface area contributed by atoms with Crippen molar-refractivity contribution in [2.75, 3.05) is 40.8 Å². The highest BCUT2D eigenvalue weighted by Crippen LogP contribution is 2.47. The Morgan fingerprint density at radius 1 is 0.816 bits per heavy atom. The molecule has 204 valence electrons. The molecule has 3 aromatic carbocycles. The molecule has 0 bridgehead atoms. The van der Waals surface area contributed by atoms with Gasteiger partial charge in [-0.15, -0.1) is 11.8 Å². The number of benzene rings is 3. The van der Waals surface area contributed by atoms with E-state index in [-0.39, 0.29) is 12.2 Å². The van der Waals surface area contributed by atoms with E-state index in [2.05, 4.69) is 6.07 Å². The topological polar surface area (TPSA) is 81.4 Å². The molecule has 9 heteroatoms. The molecule has 0 aromatic heterocycles. The van der Waals surface area contributed by atoms with E-state index < -0.39 is 0 Å². The summed E-state index contributed by atoms with van der Waals surface area (Å²) in [5.41, 5.74) is 9.00. The SMILES string of the molecule is COc1cc([C@@H]2CC[C@@H](c3cc(OC)c(OC)c(OC)c3)O2)cc(CN)c1OCCSc1ccc(Cl)cc1. The van der Waals surface area contributed by atoms with Crippen LogP contribution in [0, 0.1) is 0 Å². The smallest absolute Gasteiger partial charge is 0.203 e. The van der Waals surface area contributed by atoms with Gasteiger partial charge in [0.2, 0.25) is 5.75 Å². The van der Waals surface area contributed by atoms with Crippen molar-refractivity contribution in [3.8, 4) is 28.7 Å². The molecule has 0 saturated carbocycles. The van der Waals surface area contributed by atoms with Crippen molar-refractivity contribution in [2.24, 2.45) is 5.73 Å². The van der Waals surface area contributed by atoms with Crippen LogP contribution >= 0.6 is 23.4 Å². The van der Waals surface area contributed by atoms with Crippen LogP contribution in [0.1, 0.15) is 41.7 Å². The van der Waals surface area contributed by atoms with Crippen LogP contribution in [0.5, 0.6) is 28.7 Å². The predicted octanol–water partition coefficient (Wildman–Crippen LogP) is 6.60. The Labute approximate surface area is 233 Å². The molecule has 0 radical (unpaired) electrons. The van der Waals surface area contributed by atoms with E-state index in [0.717, 1.165) is 45.2 Å². The van der Waals surface area contributed by atoms with Gasteiger partial charge in [0.25, 0.3) is 0 Å². The summed E-state index contributed by atoms with van der Waals surface area (Å²) in [5, 5.41) is 0.726. The molecule has 38 heavy (non-hydrogen) atoms. The van der Waals surface area contributed by atoms with Gasteiger partial charge in [0.1, 0.15) is 0 Å². The van der Waals surface area contributed by atoms with Gasteiger partial charge in [-0.05, 0) is 72.5 Å². The number of nitrogens with two attached hydrogens (primary N) is 1. The maximum Gasteiger partial charge on any atom is 0.203 e. The average Bonchev–Trinajstić information content (AvgIpc) is 3.45. The molecule has 0 unspecified atom stereocenters. The van der Waals surface area contributed by atoms with Crippen LogP contribution in [-0.2, 0) is 11.3 Å². The maximum atomic E-state index is 6.50. The molecule has 0 amide bonds. The van der Waals surface area contributed by atoms with E-state index in [1.54, 1.807) is 40.2 Å². The Bertz CT molecular complexity index is 1170. The monoisotopic (exact) mass is 559 g/mol. The summed E-state index contributed by atoms with van der Waals surface area (Å²) in [7, 11) is 6.46. The number of methoxy groups -OCH3 is 4. The number of halogens is 1. The molecule has 1 aliphatic heterocycles. The van der Waals surface area contributed by atoms with Crippen LogP contribution < -0.4 is 29.4 Å². The molecule has 0 aliphatic carbocycles. The average molecular weight is 560 g/mol. The summed E-state index contributed by atoms with van der Waals surface area (Å²) in [5.74, 6) is 3.88. The van der Waals surface area contributed by atoms with Crippen molar-refractivity contribution in [3.63, 3.8) is 0 Å². The lowest BCUT2D eigenvalue weighted by molar-refractivity contribution is 0.0436. The van der Waals surface area contributed by atoms with E-state index in [0.29, 0.717) is 41.9 Å². The van der Waals surface area contributed by atoms with Gasteiger partial charge in [0.15, 0.2) is 23.0 Å². The van der Waals surface area contributed by atoms with Crippen LogP contribution in [0.4, 0.5) is 0 Å². The third-order valence-electron chi connectivity index (χ3n) is 6.46. The van der Waals surface area contributed by atoms with Gasteiger partial charge in [0, 0.05) is 27.8 Å². The van der Waals surface area contributed by atoms with Crippen molar-refractivity contribution in [2.45, 2.75) is 36.5 Å². The highest BCUT2D eigenvalue weighted by atomic mass is 35.5. The molecule has 7 nitrogen and oxygen atoms in total. The minimum Gasteiger partial charge on any atom is -0.493 e. The molecular formula is C29H34ClNO6S. The summed E-state index contributed by atoms with van der Waals surface area (Å²) < 4.78 is 34.9. The maximum absolute atomic E-state index is 6.50. The summed E-state index contributed by atoms with van der Waals surface area (Å²) in [4.78, 5) is 1.14. The lowest BCUT2D eigenvalue weighted by Crippen LogP contribution is -2.09. The van der Waals surface area contributed by atoms with Gasteiger partial charge in [-0.2, -0.15) is 0 Å². The fourth-order valence-corrected chi connectivity index (χ4v) is 5.44. The Morgan fingerprint density at radius 2 is 1.37 bits per heavy atom. The van der Waals surface area contributed by atoms with Gasteiger partial charge >= 0.3 is 0 Å². The molecular weight excluding hydrogens is 526 g/mol. The molecule has 1 fully saturated rings. The highest BCUT2D eigenvalue weighted by molar-refractivity contribution is 7.99. The Hall–Kier alpha value is -2.78. The van der Waals surface area contributed by atoms with Gasteiger partial charge in [-0.3, -0.25) is 0 Å². The second-order valence-electron chi connectivity index (χ2n) is 8.72.